The van der Waals surface area contributed by atoms with Crippen molar-refractivity contribution >= 4 is 17.7 Å². The van der Waals surface area contributed by atoms with Crippen LogP contribution in [0.15, 0.2) is 66.7 Å². The molecule has 158 valence electrons. The Morgan fingerprint density at radius 1 is 0.968 bits per heavy atom. The number of benzene rings is 3. The number of halogens is 2. The van der Waals surface area contributed by atoms with Crippen molar-refractivity contribution in [2.24, 2.45) is 0 Å². The molecule has 0 unspecified atom stereocenters. The topological polar surface area (TPSA) is 84.9 Å². The predicted molar refractivity (Wildman–Crippen MR) is 109 cm³/mol. The van der Waals surface area contributed by atoms with Gasteiger partial charge in [-0.2, -0.15) is 8.78 Å². The Balaban J connectivity index is 1.51. The maximum absolute atomic E-state index is 12.6. The van der Waals surface area contributed by atoms with E-state index in [9.17, 15) is 18.4 Å². The number of nitrogens with one attached hydrogen (secondary N) is 1. The molecular weight excluding hydrogens is 408 g/mol. The first kappa shape index (κ1) is 20.3. The number of carbonyl (C=O) groups excluding carboxylic acids is 1. The van der Waals surface area contributed by atoms with Gasteiger partial charge in [0.1, 0.15) is 12.4 Å². The lowest BCUT2D eigenvalue weighted by Gasteiger charge is -2.16. The number of carboxylic acids is 1. The van der Waals surface area contributed by atoms with Gasteiger partial charge in [-0.1, -0.05) is 48.5 Å². The summed E-state index contributed by atoms with van der Waals surface area (Å²) in [5.74, 6) is -1.83. The van der Waals surface area contributed by atoms with E-state index in [0.29, 0.717) is 0 Å². The molecule has 3 aromatic rings. The van der Waals surface area contributed by atoms with Crippen molar-refractivity contribution in [1.29, 1.82) is 0 Å². The first-order valence-electron chi connectivity index (χ1n) is 9.38. The second kappa shape index (κ2) is 8.43. The number of rotatable bonds is 6. The summed E-state index contributed by atoms with van der Waals surface area (Å²) in [6.07, 6.45) is -0.913. The second-order valence-electron chi connectivity index (χ2n) is 6.85. The van der Waals surface area contributed by atoms with E-state index in [1.807, 2.05) is 48.5 Å². The van der Waals surface area contributed by atoms with E-state index in [2.05, 4.69) is 10.1 Å². The number of ether oxygens (including phenoxy) is 2. The Hall–Kier alpha value is -3.94. The standard InChI is InChI=1S/C23H17F2NO5/c24-22(25)31-20-10-9-13(21(27)28)11-19(20)26-23(29)30-12-18-16-7-3-1-5-14(16)15-6-2-4-8-17(15)18/h1-11,18,22H,12H2,(H,26,29)(H,27,28). The van der Waals surface area contributed by atoms with Crippen molar-refractivity contribution in [2.75, 3.05) is 11.9 Å². The molecule has 0 saturated heterocycles. The van der Waals surface area contributed by atoms with E-state index in [4.69, 9.17) is 9.84 Å². The highest BCUT2D eigenvalue weighted by molar-refractivity contribution is 5.93. The Morgan fingerprint density at radius 2 is 1.58 bits per heavy atom. The maximum atomic E-state index is 12.6. The van der Waals surface area contributed by atoms with Crippen molar-refractivity contribution in [2.45, 2.75) is 12.5 Å². The normalized spacial score (nSPS) is 12.2. The molecule has 0 heterocycles. The summed E-state index contributed by atoms with van der Waals surface area (Å²) < 4.78 is 35.0. The molecule has 0 fully saturated rings. The second-order valence-corrected chi connectivity index (χ2v) is 6.85. The number of carbonyl (C=O) groups is 2. The van der Waals surface area contributed by atoms with Crippen molar-refractivity contribution < 1.29 is 33.0 Å². The molecule has 0 spiro atoms. The van der Waals surface area contributed by atoms with Crippen molar-refractivity contribution in [3.05, 3.63) is 83.4 Å². The number of anilines is 1. The smallest absolute Gasteiger partial charge is 0.411 e. The van der Waals surface area contributed by atoms with Crippen LogP contribution in [0.25, 0.3) is 11.1 Å². The zero-order chi connectivity index (χ0) is 22.0. The van der Waals surface area contributed by atoms with Crippen LogP contribution in [0.3, 0.4) is 0 Å². The largest absolute Gasteiger partial charge is 0.478 e. The fraction of sp³-hybridized carbons (Fsp3) is 0.130. The van der Waals surface area contributed by atoms with E-state index in [1.165, 1.54) is 0 Å². The summed E-state index contributed by atoms with van der Waals surface area (Å²) >= 11 is 0. The van der Waals surface area contributed by atoms with Gasteiger partial charge in [-0.15, -0.1) is 0 Å². The highest BCUT2D eigenvalue weighted by atomic mass is 19.3. The van der Waals surface area contributed by atoms with Crippen LogP contribution in [0.5, 0.6) is 5.75 Å². The number of carboxylic acid groups (broad SMARTS) is 1. The lowest BCUT2D eigenvalue weighted by molar-refractivity contribution is -0.0493. The first-order chi connectivity index (χ1) is 14.9. The zero-order valence-electron chi connectivity index (χ0n) is 16.0. The summed E-state index contributed by atoms with van der Waals surface area (Å²) in [7, 11) is 0. The third kappa shape index (κ3) is 4.18. The molecule has 1 aliphatic carbocycles. The minimum Gasteiger partial charge on any atom is -0.478 e. The minimum atomic E-state index is -3.14. The van der Waals surface area contributed by atoms with Crippen LogP contribution in [0.1, 0.15) is 27.4 Å². The monoisotopic (exact) mass is 425 g/mol. The summed E-state index contributed by atoms with van der Waals surface area (Å²) in [6.45, 7) is -3.12. The lowest BCUT2D eigenvalue weighted by atomic mass is 9.98. The van der Waals surface area contributed by atoms with Crippen LogP contribution in [-0.4, -0.2) is 30.4 Å². The van der Waals surface area contributed by atoms with E-state index in [-0.39, 0.29) is 29.5 Å². The highest BCUT2D eigenvalue weighted by Gasteiger charge is 2.29. The summed E-state index contributed by atoms with van der Waals surface area (Å²) in [4.78, 5) is 23.6. The Labute approximate surface area is 176 Å². The van der Waals surface area contributed by atoms with E-state index >= 15 is 0 Å². The van der Waals surface area contributed by atoms with Crippen LogP contribution >= 0.6 is 0 Å². The number of hydrogen-bond acceptors (Lipinski definition) is 4. The van der Waals surface area contributed by atoms with E-state index in [1.54, 1.807) is 0 Å². The van der Waals surface area contributed by atoms with Gasteiger partial charge in [-0.25, -0.2) is 9.59 Å². The number of aromatic carboxylic acids is 1. The quantitative estimate of drug-likeness (QED) is 0.556. The van der Waals surface area contributed by atoms with Gasteiger partial charge >= 0.3 is 18.7 Å². The van der Waals surface area contributed by atoms with Gasteiger partial charge in [-0.3, -0.25) is 5.32 Å². The Kier molecular flexibility index (Phi) is 5.53. The molecule has 1 aliphatic rings. The van der Waals surface area contributed by atoms with Crippen LogP contribution < -0.4 is 10.1 Å². The highest BCUT2D eigenvalue weighted by Crippen LogP contribution is 2.44. The van der Waals surface area contributed by atoms with Crippen LogP contribution in [-0.2, 0) is 4.74 Å². The third-order valence-electron chi connectivity index (χ3n) is 5.02. The maximum Gasteiger partial charge on any atom is 0.411 e. The van der Waals surface area contributed by atoms with E-state index in [0.717, 1.165) is 40.5 Å². The van der Waals surface area contributed by atoms with Gasteiger partial charge in [0.25, 0.3) is 0 Å². The third-order valence-corrected chi connectivity index (χ3v) is 5.02. The summed E-state index contributed by atoms with van der Waals surface area (Å²) in [6, 6.07) is 18.8. The molecule has 0 bridgehead atoms. The SMILES string of the molecule is O=C(Nc1cc(C(=O)O)ccc1OC(F)F)OCC1c2ccccc2-c2ccccc21. The Morgan fingerprint density at radius 3 is 2.16 bits per heavy atom. The average Bonchev–Trinajstić information content (AvgIpc) is 3.07. The molecule has 0 radical (unpaired) electrons. The average molecular weight is 425 g/mol. The molecule has 3 aromatic carbocycles. The van der Waals surface area contributed by atoms with E-state index < -0.39 is 18.7 Å². The molecule has 0 saturated carbocycles. The molecule has 1 amide bonds. The molecule has 31 heavy (non-hydrogen) atoms. The Bertz CT molecular complexity index is 1100. The van der Waals surface area contributed by atoms with Gasteiger partial charge in [0.05, 0.1) is 11.3 Å². The first-order valence-corrected chi connectivity index (χ1v) is 9.38. The summed E-state index contributed by atoms with van der Waals surface area (Å²) in [5.41, 5.74) is 3.74. The molecule has 0 atom stereocenters. The fourth-order valence-electron chi connectivity index (χ4n) is 3.70. The number of amides is 1. The van der Waals surface area contributed by atoms with Crippen molar-refractivity contribution in [3.63, 3.8) is 0 Å². The lowest BCUT2D eigenvalue weighted by Crippen LogP contribution is -2.19. The van der Waals surface area contributed by atoms with Gasteiger partial charge in [0.2, 0.25) is 0 Å². The number of hydrogen-bond donors (Lipinski definition) is 2. The molecule has 4 rings (SSSR count). The van der Waals surface area contributed by atoms with Gasteiger partial charge in [0, 0.05) is 5.92 Å². The van der Waals surface area contributed by atoms with Crippen LogP contribution in [0.2, 0.25) is 0 Å². The molecule has 0 aliphatic heterocycles. The molecular formula is C23H17F2NO5. The fourth-order valence-corrected chi connectivity index (χ4v) is 3.70. The van der Waals surface area contributed by atoms with Crippen LogP contribution in [0, 0.1) is 0 Å². The van der Waals surface area contributed by atoms with Crippen LogP contribution in [0.4, 0.5) is 19.3 Å². The molecule has 2 N–H and O–H groups in total. The van der Waals surface area contributed by atoms with Crippen molar-refractivity contribution in [3.8, 4) is 16.9 Å². The minimum absolute atomic E-state index is 0.0174. The van der Waals surface area contributed by atoms with Gasteiger partial charge in [-0.05, 0) is 40.5 Å². The van der Waals surface area contributed by atoms with Gasteiger partial charge in [0.15, 0.2) is 0 Å². The molecule has 0 aromatic heterocycles. The predicted octanol–water partition coefficient (Wildman–Crippen LogP) is 5.35. The number of fused-ring (bicyclic) bond motifs is 3. The zero-order valence-corrected chi connectivity index (χ0v) is 16.0. The molecule has 8 heteroatoms. The number of alkyl halides is 2. The molecule has 6 nitrogen and oxygen atoms in total. The van der Waals surface area contributed by atoms with Gasteiger partial charge < -0.3 is 14.6 Å². The van der Waals surface area contributed by atoms with Crippen molar-refractivity contribution in [1.82, 2.24) is 0 Å². The summed E-state index contributed by atoms with van der Waals surface area (Å²) in [5, 5.41) is 11.4.